The summed E-state index contributed by atoms with van der Waals surface area (Å²) in [6, 6.07) is 0. The molecule has 4 nitrogen and oxygen atoms in total. The van der Waals surface area contributed by atoms with Gasteiger partial charge in [0.2, 0.25) is 0 Å². The van der Waals surface area contributed by atoms with Gasteiger partial charge >= 0.3 is 5.97 Å². The highest BCUT2D eigenvalue weighted by Gasteiger charge is 2.03. The minimum atomic E-state index is -0.769. The number of carbonyl (C=O) groups is 1. The van der Waals surface area contributed by atoms with Crippen LogP contribution in [0.4, 0.5) is 0 Å². The number of nitrogens with zero attached hydrogens (tertiary/aromatic N) is 1. The first kappa shape index (κ1) is 11.1. The van der Waals surface area contributed by atoms with Crippen LogP contribution in [0.15, 0.2) is 5.38 Å². The van der Waals surface area contributed by atoms with Gasteiger partial charge in [-0.2, -0.15) is 0 Å². The van der Waals surface area contributed by atoms with Crippen molar-refractivity contribution in [1.29, 1.82) is 0 Å². The number of aryl methyl sites for hydroxylation is 1. The van der Waals surface area contributed by atoms with Crippen molar-refractivity contribution in [2.24, 2.45) is 0 Å². The molecule has 1 heterocycles. The van der Waals surface area contributed by atoms with Gasteiger partial charge in [-0.3, -0.25) is 4.79 Å². The van der Waals surface area contributed by atoms with Crippen LogP contribution in [0.25, 0.3) is 0 Å². The summed E-state index contributed by atoms with van der Waals surface area (Å²) in [5, 5.41) is 14.5. The van der Waals surface area contributed by atoms with E-state index in [9.17, 15) is 4.79 Å². The van der Waals surface area contributed by atoms with E-state index in [1.807, 2.05) is 12.4 Å². The molecule has 78 valence electrons. The van der Waals surface area contributed by atoms with Crippen LogP contribution in [0, 0.1) is 0 Å². The number of aliphatic carboxylic acids is 1. The number of hydrogen-bond donors (Lipinski definition) is 2. The van der Waals surface area contributed by atoms with Crippen LogP contribution >= 0.6 is 11.3 Å². The lowest BCUT2D eigenvalue weighted by Crippen LogP contribution is -2.10. The monoisotopic (exact) mass is 214 g/mol. The highest BCUT2D eigenvalue weighted by molar-refractivity contribution is 7.09. The van der Waals surface area contributed by atoms with Crippen LogP contribution in [-0.4, -0.2) is 29.7 Å². The molecule has 0 aliphatic carbocycles. The molecule has 0 aliphatic rings. The maximum absolute atomic E-state index is 10.3. The Kier molecular flexibility index (Phi) is 4.55. The Balaban J connectivity index is 2.38. The van der Waals surface area contributed by atoms with E-state index < -0.39 is 5.97 Å². The van der Waals surface area contributed by atoms with Crippen LogP contribution in [0.5, 0.6) is 0 Å². The zero-order valence-electron chi connectivity index (χ0n) is 8.12. The number of likely N-dealkylation sites (N-methyl/N-ethyl adjacent to an activating group) is 1. The highest BCUT2D eigenvalue weighted by Crippen LogP contribution is 2.11. The van der Waals surface area contributed by atoms with E-state index in [0.29, 0.717) is 6.42 Å². The van der Waals surface area contributed by atoms with E-state index >= 15 is 0 Å². The normalized spacial score (nSPS) is 10.4. The standard InChI is InChI=1S/C9H14N2O2S/c1-10-5-4-8-11-7(6-14-8)2-3-9(12)13/h6,10H,2-5H2,1H3,(H,12,13). The van der Waals surface area contributed by atoms with E-state index in [2.05, 4.69) is 10.3 Å². The fourth-order valence-corrected chi connectivity index (χ4v) is 1.88. The van der Waals surface area contributed by atoms with Crippen LogP contribution in [0.1, 0.15) is 17.1 Å². The average molecular weight is 214 g/mol. The molecule has 1 aromatic heterocycles. The van der Waals surface area contributed by atoms with E-state index in [1.165, 1.54) is 0 Å². The molecule has 14 heavy (non-hydrogen) atoms. The number of hydrogen-bond acceptors (Lipinski definition) is 4. The summed E-state index contributed by atoms with van der Waals surface area (Å²) in [5.74, 6) is -0.769. The molecule has 0 unspecified atom stereocenters. The Hall–Kier alpha value is -0.940. The van der Waals surface area contributed by atoms with Crippen molar-refractivity contribution in [3.63, 3.8) is 0 Å². The SMILES string of the molecule is CNCCc1nc(CCC(=O)O)cs1. The third-order valence-electron chi connectivity index (χ3n) is 1.78. The van der Waals surface area contributed by atoms with Gasteiger partial charge in [0.15, 0.2) is 0 Å². The van der Waals surface area contributed by atoms with Crippen molar-refractivity contribution in [2.45, 2.75) is 19.3 Å². The van der Waals surface area contributed by atoms with Gasteiger partial charge in [0.25, 0.3) is 0 Å². The second-order valence-electron chi connectivity index (χ2n) is 2.98. The Morgan fingerprint density at radius 3 is 3.07 bits per heavy atom. The topological polar surface area (TPSA) is 62.2 Å². The summed E-state index contributed by atoms with van der Waals surface area (Å²) in [6.07, 6.45) is 1.61. The van der Waals surface area contributed by atoms with E-state index in [0.717, 1.165) is 23.7 Å². The van der Waals surface area contributed by atoms with Gasteiger partial charge in [-0.15, -0.1) is 11.3 Å². The zero-order valence-corrected chi connectivity index (χ0v) is 8.93. The molecule has 0 amide bonds. The lowest BCUT2D eigenvalue weighted by molar-refractivity contribution is -0.136. The van der Waals surface area contributed by atoms with Crippen LogP contribution in [0.2, 0.25) is 0 Å². The largest absolute Gasteiger partial charge is 0.481 e. The smallest absolute Gasteiger partial charge is 0.303 e. The van der Waals surface area contributed by atoms with E-state index in [-0.39, 0.29) is 6.42 Å². The molecular weight excluding hydrogens is 200 g/mol. The van der Waals surface area contributed by atoms with Gasteiger partial charge in [-0.05, 0) is 7.05 Å². The lowest BCUT2D eigenvalue weighted by Gasteiger charge is -1.94. The van der Waals surface area contributed by atoms with Gasteiger partial charge in [-0.1, -0.05) is 0 Å². The molecule has 0 spiro atoms. The van der Waals surface area contributed by atoms with Crippen LogP contribution < -0.4 is 5.32 Å². The predicted octanol–water partition coefficient (Wildman–Crippen LogP) is 0.922. The van der Waals surface area contributed by atoms with E-state index in [1.54, 1.807) is 11.3 Å². The molecule has 2 N–H and O–H groups in total. The van der Waals surface area contributed by atoms with Crippen molar-refractivity contribution in [2.75, 3.05) is 13.6 Å². The number of thiazole rings is 1. The minimum Gasteiger partial charge on any atom is -0.481 e. The van der Waals surface area contributed by atoms with E-state index in [4.69, 9.17) is 5.11 Å². The number of rotatable bonds is 6. The number of aromatic nitrogens is 1. The van der Waals surface area contributed by atoms with Gasteiger partial charge in [-0.25, -0.2) is 4.98 Å². The first-order valence-corrected chi connectivity index (χ1v) is 5.40. The zero-order chi connectivity index (χ0) is 10.4. The fraction of sp³-hybridized carbons (Fsp3) is 0.556. The van der Waals surface area contributed by atoms with Crippen LogP contribution in [0.3, 0.4) is 0 Å². The molecule has 0 bridgehead atoms. The second-order valence-corrected chi connectivity index (χ2v) is 3.92. The van der Waals surface area contributed by atoms with Crippen LogP contribution in [-0.2, 0) is 17.6 Å². The minimum absolute atomic E-state index is 0.162. The number of carboxylic acid groups (broad SMARTS) is 1. The Morgan fingerprint density at radius 2 is 2.43 bits per heavy atom. The third-order valence-corrected chi connectivity index (χ3v) is 2.74. The maximum atomic E-state index is 10.3. The molecule has 0 aliphatic heterocycles. The summed E-state index contributed by atoms with van der Waals surface area (Å²) >= 11 is 1.60. The molecular formula is C9H14N2O2S. The first-order valence-electron chi connectivity index (χ1n) is 4.52. The Morgan fingerprint density at radius 1 is 1.64 bits per heavy atom. The van der Waals surface area contributed by atoms with Crippen molar-refractivity contribution >= 4 is 17.3 Å². The maximum Gasteiger partial charge on any atom is 0.303 e. The first-order chi connectivity index (χ1) is 6.72. The predicted molar refractivity (Wildman–Crippen MR) is 55.7 cm³/mol. The van der Waals surface area contributed by atoms with Gasteiger partial charge in [0.1, 0.15) is 0 Å². The molecule has 5 heteroatoms. The Bertz CT molecular complexity index is 299. The molecule has 0 atom stereocenters. The van der Waals surface area contributed by atoms with Gasteiger partial charge < -0.3 is 10.4 Å². The summed E-state index contributed by atoms with van der Waals surface area (Å²) < 4.78 is 0. The van der Waals surface area contributed by atoms with Crippen molar-refractivity contribution in [1.82, 2.24) is 10.3 Å². The molecule has 0 saturated heterocycles. The Labute approximate surface area is 87.0 Å². The highest BCUT2D eigenvalue weighted by atomic mass is 32.1. The summed E-state index contributed by atoms with van der Waals surface area (Å²) in [5.41, 5.74) is 0.892. The average Bonchev–Trinajstić information content (AvgIpc) is 2.59. The second kappa shape index (κ2) is 5.72. The fourth-order valence-electron chi connectivity index (χ4n) is 1.05. The lowest BCUT2D eigenvalue weighted by atomic mass is 10.2. The van der Waals surface area contributed by atoms with Crippen molar-refractivity contribution < 1.29 is 9.90 Å². The molecule has 0 aromatic carbocycles. The summed E-state index contributed by atoms with van der Waals surface area (Å²) in [6.45, 7) is 0.909. The molecule has 0 radical (unpaired) electrons. The van der Waals surface area contributed by atoms with Gasteiger partial charge in [0, 0.05) is 24.8 Å². The van der Waals surface area contributed by atoms with Crippen molar-refractivity contribution in [3.8, 4) is 0 Å². The summed E-state index contributed by atoms with van der Waals surface area (Å²) in [7, 11) is 1.90. The summed E-state index contributed by atoms with van der Waals surface area (Å²) in [4.78, 5) is 14.7. The number of nitrogens with one attached hydrogen (secondary N) is 1. The van der Waals surface area contributed by atoms with Crippen molar-refractivity contribution in [3.05, 3.63) is 16.1 Å². The quantitative estimate of drug-likeness (QED) is 0.739. The third kappa shape index (κ3) is 3.85. The molecule has 1 rings (SSSR count). The molecule has 1 aromatic rings. The molecule has 0 fully saturated rings. The molecule has 0 saturated carbocycles. The number of carboxylic acids is 1. The van der Waals surface area contributed by atoms with Gasteiger partial charge in [0.05, 0.1) is 17.1 Å².